The van der Waals surface area contributed by atoms with Crippen LogP contribution in [-0.2, 0) is 11.2 Å². The lowest BCUT2D eigenvalue weighted by atomic mass is 10.1. The molecule has 2 unspecified atom stereocenters. The Balaban J connectivity index is 2.68. The first-order valence-electron chi connectivity index (χ1n) is 6.75. The van der Waals surface area contributed by atoms with Crippen molar-refractivity contribution in [3.63, 3.8) is 0 Å². The van der Waals surface area contributed by atoms with Crippen LogP contribution in [0.5, 0.6) is 0 Å². The van der Waals surface area contributed by atoms with Crippen molar-refractivity contribution in [3.05, 3.63) is 35.9 Å². The molecule has 0 heterocycles. The molecule has 0 saturated heterocycles. The first kappa shape index (κ1) is 16.0. The third kappa shape index (κ3) is 4.57. The van der Waals surface area contributed by atoms with Crippen LogP contribution < -0.4 is 5.32 Å². The Morgan fingerprint density at radius 2 is 1.90 bits per heavy atom. The molecular weight excluding hydrogens is 256 g/mol. The molecule has 0 aromatic heterocycles. The Bertz CT molecular complexity index is 448. The SMILES string of the molecule is CCC(C)N(C)C(=O)NC(Cc1ccccc1)C(=O)O. The fourth-order valence-corrected chi connectivity index (χ4v) is 1.77. The predicted octanol–water partition coefficient (Wildman–Crippen LogP) is 2.12. The van der Waals surface area contributed by atoms with Gasteiger partial charge in [-0.1, -0.05) is 37.3 Å². The average molecular weight is 278 g/mol. The molecule has 0 radical (unpaired) electrons. The van der Waals surface area contributed by atoms with E-state index in [1.165, 1.54) is 4.90 Å². The molecule has 2 atom stereocenters. The van der Waals surface area contributed by atoms with Gasteiger partial charge in [0.2, 0.25) is 0 Å². The molecule has 2 amide bonds. The average Bonchev–Trinajstić information content (AvgIpc) is 2.45. The number of rotatable bonds is 6. The van der Waals surface area contributed by atoms with Crippen LogP contribution in [-0.4, -0.2) is 41.1 Å². The summed E-state index contributed by atoms with van der Waals surface area (Å²) in [6, 6.07) is 8.05. The lowest BCUT2D eigenvalue weighted by Crippen LogP contribution is -2.49. The maximum absolute atomic E-state index is 12.0. The molecule has 0 fully saturated rings. The van der Waals surface area contributed by atoms with E-state index in [0.29, 0.717) is 0 Å². The molecule has 110 valence electrons. The van der Waals surface area contributed by atoms with Gasteiger partial charge < -0.3 is 15.3 Å². The summed E-state index contributed by atoms with van der Waals surface area (Å²) in [5.74, 6) is -1.03. The normalized spacial score (nSPS) is 13.3. The molecule has 5 nitrogen and oxygen atoms in total. The van der Waals surface area contributed by atoms with Crippen LogP contribution in [0, 0.1) is 0 Å². The van der Waals surface area contributed by atoms with E-state index in [2.05, 4.69) is 5.32 Å². The number of benzene rings is 1. The summed E-state index contributed by atoms with van der Waals surface area (Å²) in [6.45, 7) is 3.90. The Labute approximate surface area is 119 Å². The molecule has 1 aromatic rings. The topological polar surface area (TPSA) is 69.6 Å². The van der Waals surface area contributed by atoms with Gasteiger partial charge in [0.05, 0.1) is 0 Å². The van der Waals surface area contributed by atoms with Crippen LogP contribution in [0.4, 0.5) is 4.79 Å². The smallest absolute Gasteiger partial charge is 0.326 e. The van der Waals surface area contributed by atoms with Gasteiger partial charge in [0, 0.05) is 19.5 Å². The summed E-state index contributed by atoms with van der Waals surface area (Å²) in [6.07, 6.45) is 1.09. The van der Waals surface area contributed by atoms with Crippen molar-refractivity contribution >= 4 is 12.0 Å². The van der Waals surface area contributed by atoms with Crippen molar-refractivity contribution in [1.29, 1.82) is 0 Å². The van der Waals surface area contributed by atoms with Gasteiger partial charge in [-0.3, -0.25) is 0 Å². The molecule has 2 N–H and O–H groups in total. The van der Waals surface area contributed by atoms with Crippen LogP contribution >= 0.6 is 0 Å². The largest absolute Gasteiger partial charge is 0.480 e. The Morgan fingerprint density at radius 3 is 2.40 bits per heavy atom. The fourth-order valence-electron chi connectivity index (χ4n) is 1.77. The van der Waals surface area contributed by atoms with Crippen LogP contribution in [0.15, 0.2) is 30.3 Å². The van der Waals surface area contributed by atoms with Crippen molar-refractivity contribution in [2.75, 3.05) is 7.05 Å². The molecule has 0 spiro atoms. The van der Waals surface area contributed by atoms with E-state index in [9.17, 15) is 14.7 Å². The number of carbonyl (C=O) groups excluding carboxylic acids is 1. The molecular formula is C15H22N2O3. The summed E-state index contributed by atoms with van der Waals surface area (Å²) in [5.41, 5.74) is 0.881. The number of nitrogens with zero attached hydrogens (tertiary/aromatic N) is 1. The highest BCUT2D eigenvalue weighted by atomic mass is 16.4. The van der Waals surface area contributed by atoms with Crippen molar-refractivity contribution in [3.8, 4) is 0 Å². The number of hydrogen-bond donors (Lipinski definition) is 2. The van der Waals surface area contributed by atoms with Crippen molar-refractivity contribution in [2.45, 2.75) is 38.8 Å². The maximum atomic E-state index is 12.0. The van der Waals surface area contributed by atoms with E-state index in [0.717, 1.165) is 12.0 Å². The third-order valence-corrected chi connectivity index (χ3v) is 3.45. The van der Waals surface area contributed by atoms with Crippen molar-refractivity contribution < 1.29 is 14.7 Å². The van der Waals surface area contributed by atoms with E-state index >= 15 is 0 Å². The molecule has 5 heteroatoms. The number of aliphatic carboxylic acids is 1. The van der Waals surface area contributed by atoms with E-state index < -0.39 is 12.0 Å². The highest BCUT2D eigenvalue weighted by molar-refractivity contribution is 5.82. The monoisotopic (exact) mass is 278 g/mol. The zero-order chi connectivity index (χ0) is 15.1. The number of carbonyl (C=O) groups is 2. The quantitative estimate of drug-likeness (QED) is 0.837. The Hall–Kier alpha value is -2.04. The number of nitrogens with one attached hydrogen (secondary N) is 1. The lowest BCUT2D eigenvalue weighted by molar-refractivity contribution is -0.139. The van der Waals surface area contributed by atoms with Crippen LogP contribution in [0.2, 0.25) is 0 Å². The van der Waals surface area contributed by atoms with Gasteiger partial charge in [0.1, 0.15) is 6.04 Å². The van der Waals surface area contributed by atoms with Gasteiger partial charge in [-0.25, -0.2) is 9.59 Å². The number of hydrogen-bond acceptors (Lipinski definition) is 2. The van der Waals surface area contributed by atoms with E-state index in [1.807, 2.05) is 44.2 Å². The summed E-state index contributed by atoms with van der Waals surface area (Å²) < 4.78 is 0. The number of carboxylic acids is 1. The summed E-state index contributed by atoms with van der Waals surface area (Å²) in [7, 11) is 1.67. The molecule has 1 rings (SSSR count). The molecule has 0 bridgehead atoms. The summed E-state index contributed by atoms with van der Waals surface area (Å²) in [5, 5.41) is 11.8. The number of amides is 2. The minimum Gasteiger partial charge on any atom is -0.480 e. The van der Waals surface area contributed by atoms with Gasteiger partial charge in [-0.2, -0.15) is 0 Å². The van der Waals surface area contributed by atoms with Gasteiger partial charge in [0.25, 0.3) is 0 Å². The highest BCUT2D eigenvalue weighted by Gasteiger charge is 2.23. The minimum atomic E-state index is -1.03. The van der Waals surface area contributed by atoms with Gasteiger partial charge >= 0.3 is 12.0 Å². The van der Waals surface area contributed by atoms with E-state index in [4.69, 9.17) is 0 Å². The second kappa shape index (κ2) is 7.53. The minimum absolute atomic E-state index is 0.0705. The summed E-state index contributed by atoms with van der Waals surface area (Å²) in [4.78, 5) is 24.8. The summed E-state index contributed by atoms with van der Waals surface area (Å²) >= 11 is 0. The second-order valence-electron chi connectivity index (χ2n) is 4.90. The maximum Gasteiger partial charge on any atom is 0.326 e. The van der Waals surface area contributed by atoms with E-state index in [-0.39, 0.29) is 18.5 Å². The molecule has 0 aliphatic heterocycles. The number of carboxylic acid groups (broad SMARTS) is 1. The Kier molecular flexibility index (Phi) is 6.03. The van der Waals surface area contributed by atoms with Crippen molar-refractivity contribution in [2.24, 2.45) is 0 Å². The molecule has 0 saturated carbocycles. The Morgan fingerprint density at radius 1 is 1.30 bits per heavy atom. The first-order valence-corrected chi connectivity index (χ1v) is 6.75. The predicted molar refractivity (Wildman–Crippen MR) is 77.6 cm³/mol. The zero-order valence-electron chi connectivity index (χ0n) is 12.2. The fraction of sp³-hybridized carbons (Fsp3) is 0.467. The molecule has 20 heavy (non-hydrogen) atoms. The highest BCUT2D eigenvalue weighted by Crippen LogP contribution is 2.05. The van der Waals surface area contributed by atoms with Crippen LogP contribution in [0.1, 0.15) is 25.8 Å². The van der Waals surface area contributed by atoms with Gasteiger partial charge in [-0.05, 0) is 18.9 Å². The van der Waals surface area contributed by atoms with E-state index in [1.54, 1.807) is 7.05 Å². The van der Waals surface area contributed by atoms with Gasteiger partial charge in [-0.15, -0.1) is 0 Å². The van der Waals surface area contributed by atoms with Crippen LogP contribution in [0.3, 0.4) is 0 Å². The number of urea groups is 1. The standard InChI is InChI=1S/C15H22N2O3/c1-4-11(2)17(3)15(20)16-13(14(18)19)10-12-8-6-5-7-9-12/h5-9,11,13H,4,10H2,1-3H3,(H,16,20)(H,18,19). The van der Waals surface area contributed by atoms with Crippen LogP contribution in [0.25, 0.3) is 0 Å². The molecule has 0 aliphatic carbocycles. The first-order chi connectivity index (χ1) is 9.45. The van der Waals surface area contributed by atoms with Crippen molar-refractivity contribution in [1.82, 2.24) is 10.2 Å². The molecule has 0 aliphatic rings. The molecule has 1 aromatic carbocycles. The third-order valence-electron chi connectivity index (χ3n) is 3.45. The lowest BCUT2D eigenvalue weighted by Gasteiger charge is -2.26. The van der Waals surface area contributed by atoms with Gasteiger partial charge in [0.15, 0.2) is 0 Å². The second-order valence-corrected chi connectivity index (χ2v) is 4.90. The zero-order valence-corrected chi connectivity index (χ0v) is 12.2.